The zero-order chi connectivity index (χ0) is 20.2. The molecule has 0 N–H and O–H groups in total. The number of thiophene rings is 1. The van der Waals surface area contributed by atoms with Crippen molar-refractivity contribution in [3.8, 4) is 16.9 Å². The standard InChI is InChI=1S/C23H30N2O3S/c1-17-21(19-3-5-20(27-2)6-4-19)15-22(29-17)23(26)25-9-7-18(8-10-25)16-24-11-13-28-14-12-24/h3-6,15,18H,7-14,16H2,1-2H3. The third-order valence-electron chi connectivity index (χ3n) is 6.05. The maximum Gasteiger partial charge on any atom is 0.263 e. The predicted molar refractivity (Wildman–Crippen MR) is 117 cm³/mol. The Hall–Kier alpha value is -1.89. The van der Waals surface area contributed by atoms with Crippen molar-refractivity contribution in [1.29, 1.82) is 0 Å². The fraction of sp³-hybridized carbons (Fsp3) is 0.522. The van der Waals surface area contributed by atoms with Crippen molar-refractivity contribution < 1.29 is 14.3 Å². The van der Waals surface area contributed by atoms with E-state index in [1.807, 2.05) is 17.0 Å². The Morgan fingerprint density at radius 1 is 1.14 bits per heavy atom. The minimum Gasteiger partial charge on any atom is -0.497 e. The van der Waals surface area contributed by atoms with E-state index in [2.05, 4.69) is 30.0 Å². The second-order valence-electron chi connectivity index (χ2n) is 7.96. The Kier molecular flexibility index (Phi) is 6.53. The number of piperidine rings is 1. The molecule has 0 atom stereocenters. The number of morpholine rings is 1. The lowest BCUT2D eigenvalue weighted by Gasteiger charge is -2.35. The van der Waals surface area contributed by atoms with Gasteiger partial charge in [0, 0.05) is 37.6 Å². The summed E-state index contributed by atoms with van der Waals surface area (Å²) in [7, 11) is 1.67. The van der Waals surface area contributed by atoms with Gasteiger partial charge in [0.15, 0.2) is 0 Å². The highest BCUT2D eigenvalue weighted by molar-refractivity contribution is 7.14. The summed E-state index contributed by atoms with van der Waals surface area (Å²) in [4.78, 5) is 19.7. The molecule has 2 aliphatic heterocycles. The molecule has 2 saturated heterocycles. The third-order valence-corrected chi connectivity index (χ3v) is 7.09. The number of nitrogens with zero attached hydrogens (tertiary/aromatic N) is 2. The van der Waals surface area contributed by atoms with Crippen LogP contribution in [0.4, 0.5) is 0 Å². The van der Waals surface area contributed by atoms with Gasteiger partial charge in [-0.15, -0.1) is 11.3 Å². The SMILES string of the molecule is COc1ccc(-c2cc(C(=O)N3CCC(CN4CCOCC4)CC3)sc2C)cc1. The molecule has 1 amide bonds. The maximum absolute atomic E-state index is 13.1. The first-order chi connectivity index (χ1) is 14.1. The molecule has 0 spiro atoms. The van der Waals surface area contributed by atoms with Gasteiger partial charge < -0.3 is 14.4 Å². The summed E-state index contributed by atoms with van der Waals surface area (Å²) in [5.41, 5.74) is 2.27. The summed E-state index contributed by atoms with van der Waals surface area (Å²) in [6, 6.07) is 10.1. The van der Waals surface area contributed by atoms with E-state index in [1.54, 1.807) is 18.4 Å². The zero-order valence-corrected chi connectivity index (χ0v) is 18.2. The number of aryl methyl sites for hydroxylation is 1. The zero-order valence-electron chi connectivity index (χ0n) is 17.4. The first-order valence-electron chi connectivity index (χ1n) is 10.5. The monoisotopic (exact) mass is 414 g/mol. The molecule has 6 heteroatoms. The minimum absolute atomic E-state index is 0.183. The molecule has 5 nitrogen and oxygen atoms in total. The van der Waals surface area contributed by atoms with Gasteiger partial charge in [-0.25, -0.2) is 0 Å². The number of hydrogen-bond acceptors (Lipinski definition) is 5. The molecule has 156 valence electrons. The molecule has 0 unspecified atom stereocenters. The molecule has 3 heterocycles. The molecular formula is C23H30N2O3S. The maximum atomic E-state index is 13.1. The van der Waals surface area contributed by atoms with Crippen LogP contribution in [-0.4, -0.2) is 68.8 Å². The first-order valence-corrected chi connectivity index (χ1v) is 11.3. The Bertz CT molecular complexity index is 819. The number of methoxy groups -OCH3 is 1. The third kappa shape index (κ3) is 4.82. The van der Waals surface area contributed by atoms with E-state index in [-0.39, 0.29) is 5.91 Å². The highest BCUT2D eigenvalue weighted by Crippen LogP contribution is 2.33. The van der Waals surface area contributed by atoms with Crippen LogP contribution in [0, 0.1) is 12.8 Å². The van der Waals surface area contributed by atoms with Gasteiger partial charge in [-0.2, -0.15) is 0 Å². The van der Waals surface area contributed by atoms with Crippen LogP contribution in [0.25, 0.3) is 11.1 Å². The quantitative estimate of drug-likeness (QED) is 0.744. The molecule has 0 saturated carbocycles. The van der Waals surface area contributed by atoms with E-state index in [9.17, 15) is 4.79 Å². The van der Waals surface area contributed by atoms with Gasteiger partial charge in [-0.05, 0) is 55.0 Å². The van der Waals surface area contributed by atoms with E-state index in [4.69, 9.17) is 9.47 Å². The van der Waals surface area contributed by atoms with Gasteiger partial charge in [0.1, 0.15) is 5.75 Å². The fourth-order valence-electron chi connectivity index (χ4n) is 4.27. The molecular weight excluding hydrogens is 384 g/mol. The molecule has 1 aromatic heterocycles. The Balaban J connectivity index is 1.36. The summed E-state index contributed by atoms with van der Waals surface area (Å²) >= 11 is 1.61. The van der Waals surface area contributed by atoms with Gasteiger partial charge >= 0.3 is 0 Å². The Morgan fingerprint density at radius 2 is 1.83 bits per heavy atom. The van der Waals surface area contributed by atoms with Crippen LogP contribution in [0.2, 0.25) is 0 Å². The van der Waals surface area contributed by atoms with E-state index in [1.165, 1.54) is 4.88 Å². The number of carbonyl (C=O) groups excluding carboxylic acids is 1. The Labute approximate surface area is 177 Å². The largest absolute Gasteiger partial charge is 0.497 e. The lowest BCUT2D eigenvalue weighted by Crippen LogP contribution is -2.44. The molecule has 0 aliphatic carbocycles. The molecule has 0 bridgehead atoms. The molecule has 0 radical (unpaired) electrons. The predicted octanol–water partition coefficient (Wildman–Crippen LogP) is 3.92. The van der Waals surface area contributed by atoms with E-state index in [0.29, 0.717) is 5.92 Å². The van der Waals surface area contributed by atoms with Crippen LogP contribution >= 0.6 is 11.3 Å². The van der Waals surface area contributed by atoms with E-state index in [0.717, 1.165) is 80.5 Å². The van der Waals surface area contributed by atoms with Crippen molar-refractivity contribution in [3.63, 3.8) is 0 Å². The summed E-state index contributed by atoms with van der Waals surface area (Å²) in [6.07, 6.45) is 2.19. The smallest absolute Gasteiger partial charge is 0.263 e. The van der Waals surface area contributed by atoms with Gasteiger partial charge in [-0.3, -0.25) is 9.69 Å². The van der Waals surface area contributed by atoms with Crippen LogP contribution in [0.5, 0.6) is 5.75 Å². The average molecular weight is 415 g/mol. The summed E-state index contributed by atoms with van der Waals surface area (Å²) < 4.78 is 10.7. The molecule has 2 aromatic rings. The van der Waals surface area contributed by atoms with Gasteiger partial charge in [0.2, 0.25) is 0 Å². The summed E-state index contributed by atoms with van der Waals surface area (Å²) in [6.45, 7) is 8.76. The average Bonchev–Trinajstić information content (AvgIpc) is 3.16. The topological polar surface area (TPSA) is 42.0 Å². The van der Waals surface area contributed by atoms with Crippen LogP contribution in [-0.2, 0) is 4.74 Å². The van der Waals surface area contributed by atoms with Gasteiger partial charge in [-0.1, -0.05) is 12.1 Å². The van der Waals surface area contributed by atoms with Crippen molar-refractivity contribution >= 4 is 17.2 Å². The lowest BCUT2D eigenvalue weighted by atomic mass is 9.96. The molecule has 29 heavy (non-hydrogen) atoms. The number of carbonyl (C=O) groups is 1. The fourth-order valence-corrected chi connectivity index (χ4v) is 5.28. The number of likely N-dealkylation sites (tertiary alicyclic amines) is 1. The van der Waals surface area contributed by atoms with Crippen molar-refractivity contribution in [2.24, 2.45) is 5.92 Å². The van der Waals surface area contributed by atoms with Gasteiger partial charge in [0.05, 0.1) is 25.2 Å². The second kappa shape index (κ2) is 9.28. The molecule has 1 aromatic carbocycles. The van der Waals surface area contributed by atoms with Crippen molar-refractivity contribution in [2.45, 2.75) is 19.8 Å². The first kappa shape index (κ1) is 20.4. The molecule has 2 aliphatic rings. The van der Waals surface area contributed by atoms with Crippen LogP contribution in [0.1, 0.15) is 27.4 Å². The van der Waals surface area contributed by atoms with Crippen molar-refractivity contribution in [1.82, 2.24) is 9.80 Å². The number of ether oxygens (including phenoxy) is 2. The van der Waals surface area contributed by atoms with Crippen molar-refractivity contribution in [2.75, 3.05) is 53.0 Å². The highest BCUT2D eigenvalue weighted by Gasteiger charge is 2.26. The van der Waals surface area contributed by atoms with Crippen molar-refractivity contribution in [3.05, 3.63) is 40.1 Å². The van der Waals surface area contributed by atoms with Crippen LogP contribution < -0.4 is 4.74 Å². The van der Waals surface area contributed by atoms with Crippen LogP contribution in [0.15, 0.2) is 30.3 Å². The van der Waals surface area contributed by atoms with E-state index < -0.39 is 0 Å². The van der Waals surface area contributed by atoms with E-state index >= 15 is 0 Å². The number of amides is 1. The molecule has 4 rings (SSSR count). The summed E-state index contributed by atoms with van der Waals surface area (Å²) in [5, 5.41) is 0. The Morgan fingerprint density at radius 3 is 2.48 bits per heavy atom. The minimum atomic E-state index is 0.183. The number of benzene rings is 1. The lowest BCUT2D eigenvalue weighted by molar-refractivity contribution is 0.0243. The van der Waals surface area contributed by atoms with Crippen LogP contribution in [0.3, 0.4) is 0 Å². The highest BCUT2D eigenvalue weighted by atomic mass is 32.1. The normalized spacial score (nSPS) is 18.8. The summed E-state index contributed by atoms with van der Waals surface area (Å²) in [5.74, 6) is 1.72. The number of hydrogen-bond donors (Lipinski definition) is 0. The van der Waals surface area contributed by atoms with Gasteiger partial charge in [0.25, 0.3) is 5.91 Å². The second-order valence-corrected chi connectivity index (χ2v) is 9.21. The number of rotatable bonds is 5. The molecule has 2 fully saturated rings.